The highest BCUT2D eigenvalue weighted by Gasteiger charge is 2.25. The smallest absolute Gasteiger partial charge is 0.351 e. The number of benzene rings is 2. The number of amides is 1. The van der Waals surface area contributed by atoms with E-state index >= 15 is 0 Å². The van der Waals surface area contributed by atoms with Crippen LogP contribution in [0.5, 0.6) is 0 Å². The summed E-state index contributed by atoms with van der Waals surface area (Å²) in [4.78, 5) is 31.6. The number of esters is 1. The number of likely N-dealkylation sites (N-methyl/N-ethyl adjacent to an activating group) is 1. The molecule has 1 amide bonds. The van der Waals surface area contributed by atoms with E-state index in [9.17, 15) is 9.59 Å². The van der Waals surface area contributed by atoms with Gasteiger partial charge < -0.3 is 9.64 Å². The summed E-state index contributed by atoms with van der Waals surface area (Å²) in [6.45, 7) is 3.82. The van der Waals surface area contributed by atoms with Gasteiger partial charge in [-0.05, 0) is 19.4 Å². The van der Waals surface area contributed by atoms with Gasteiger partial charge in [0.15, 0.2) is 6.10 Å². The highest BCUT2D eigenvalue weighted by atomic mass is 32.1. The fourth-order valence-corrected chi connectivity index (χ4v) is 3.75. The Bertz CT molecular complexity index is 954. The molecule has 2 aromatic carbocycles. The minimum atomic E-state index is -0.872. The molecule has 1 heterocycles. The van der Waals surface area contributed by atoms with E-state index in [4.69, 9.17) is 4.74 Å². The van der Waals surface area contributed by atoms with E-state index in [1.807, 2.05) is 60.7 Å². The van der Waals surface area contributed by atoms with Crippen LogP contribution in [-0.4, -0.2) is 34.9 Å². The fourth-order valence-electron chi connectivity index (χ4n) is 2.80. The molecular formula is C22H22N2O3S. The first-order chi connectivity index (χ1) is 13.5. The molecule has 5 nitrogen and oxygen atoms in total. The van der Waals surface area contributed by atoms with E-state index in [0.717, 1.165) is 16.1 Å². The normalized spacial score (nSPS) is 11.7. The van der Waals surface area contributed by atoms with Crippen molar-refractivity contribution >= 4 is 23.2 Å². The number of carbonyl (C=O) groups excluding carboxylic acids is 2. The Labute approximate surface area is 168 Å². The number of nitrogens with zero attached hydrogens (tertiary/aromatic N) is 2. The summed E-state index contributed by atoms with van der Waals surface area (Å²) in [5.41, 5.74) is 2.56. The lowest BCUT2D eigenvalue weighted by atomic mass is 10.2. The quantitative estimate of drug-likeness (QED) is 0.584. The SMILES string of the molecule is Cc1nc(-c2ccccc2)sc1C(=O)OC(C)C(=O)N(C)Cc1ccccc1. The monoisotopic (exact) mass is 394 g/mol. The van der Waals surface area contributed by atoms with Crippen molar-refractivity contribution in [3.05, 3.63) is 76.8 Å². The van der Waals surface area contributed by atoms with E-state index in [-0.39, 0.29) is 5.91 Å². The molecule has 1 atom stereocenters. The van der Waals surface area contributed by atoms with Crippen molar-refractivity contribution in [2.24, 2.45) is 0 Å². The Morgan fingerprint density at radius 3 is 2.32 bits per heavy atom. The maximum absolute atomic E-state index is 12.6. The lowest BCUT2D eigenvalue weighted by Gasteiger charge is -2.21. The summed E-state index contributed by atoms with van der Waals surface area (Å²) in [5, 5.41) is 0.755. The van der Waals surface area contributed by atoms with Gasteiger partial charge in [0.05, 0.1) is 5.69 Å². The van der Waals surface area contributed by atoms with Gasteiger partial charge in [-0.3, -0.25) is 4.79 Å². The van der Waals surface area contributed by atoms with Crippen LogP contribution in [0, 0.1) is 6.92 Å². The molecule has 1 unspecified atom stereocenters. The molecule has 0 aliphatic heterocycles. The van der Waals surface area contributed by atoms with Gasteiger partial charge in [-0.2, -0.15) is 0 Å². The Morgan fingerprint density at radius 1 is 1.07 bits per heavy atom. The van der Waals surface area contributed by atoms with Crippen LogP contribution in [0.15, 0.2) is 60.7 Å². The van der Waals surface area contributed by atoms with Crippen molar-refractivity contribution in [3.8, 4) is 10.6 Å². The van der Waals surface area contributed by atoms with Crippen molar-refractivity contribution in [2.45, 2.75) is 26.5 Å². The average Bonchev–Trinajstić information content (AvgIpc) is 3.10. The van der Waals surface area contributed by atoms with Gasteiger partial charge in [0, 0.05) is 19.2 Å². The maximum Gasteiger partial charge on any atom is 0.351 e. The highest BCUT2D eigenvalue weighted by Crippen LogP contribution is 2.28. The molecule has 0 saturated carbocycles. The number of ether oxygens (including phenoxy) is 1. The molecule has 0 bridgehead atoms. The first-order valence-electron chi connectivity index (χ1n) is 8.98. The molecule has 1 aromatic heterocycles. The van der Waals surface area contributed by atoms with Crippen LogP contribution >= 0.6 is 11.3 Å². The van der Waals surface area contributed by atoms with Crippen LogP contribution in [0.25, 0.3) is 10.6 Å². The zero-order valence-electron chi connectivity index (χ0n) is 16.1. The fraction of sp³-hybridized carbons (Fsp3) is 0.227. The second-order valence-corrected chi connectivity index (χ2v) is 7.53. The van der Waals surface area contributed by atoms with E-state index in [1.165, 1.54) is 11.3 Å². The van der Waals surface area contributed by atoms with Crippen molar-refractivity contribution < 1.29 is 14.3 Å². The van der Waals surface area contributed by atoms with Crippen LogP contribution in [0.4, 0.5) is 0 Å². The second-order valence-electron chi connectivity index (χ2n) is 6.53. The van der Waals surface area contributed by atoms with E-state index in [1.54, 1.807) is 25.8 Å². The molecule has 3 aromatic rings. The maximum atomic E-state index is 12.6. The van der Waals surface area contributed by atoms with Gasteiger partial charge in [-0.15, -0.1) is 11.3 Å². The molecule has 28 heavy (non-hydrogen) atoms. The number of thiazole rings is 1. The second kappa shape index (κ2) is 8.80. The van der Waals surface area contributed by atoms with Gasteiger partial charge >= 0.3 is 5.97 Å². The highest BCUT2D eigenvalue weighted by molar-refractivity contribution is 7.17. The van der Waals surface area contributed by atoms with Crippen LogP contribution in [0.2, 0.25) is 0 Å². The van der Waals surface area contributed by atoms with Gasteiger partial charge in [0.1, 0.15) is 9.88 Å². The molecule has 0 radical (unpaired) electrons. The Balaban J connectivity index is 1.65. The predicted octanol–water partition coefficient (Wildman–Crippen LogP) is 4.32. The summed E-state index contributed by atoms with van der Waals surface area (Å²) < 4.78 is 5.43. The van der Waals surface area contributed by atoms with E-state index in [0.29, 0.717) is 17.1 Å². The largest absolute Gasteiger partial charge is 0.448 e. The number of hydrogen-bond donors (Lipinski definition) is 0. The molecule has 144 valence electrons. The molecule has 0 fully saturated rings. The Kier molecular flexibility index (Phi) is 6.21. The third kappa shape index (κ3) is 4.64. The van der Waals surface area contributed by atoms with E-state index < -0.39 is 12.1 Å². The Hall–Kier alpha value is -2.99. The first kappa shape index (κ1) is 19.8. The van der Waals surface area contributed by atoms with Gasteiger partial charge in [0.2, 0.25) is 0 Å². The number of aryl methyl sites for hydroxylation is 1. The molecule has 0 aliphatic rings. The molecule has 0 spiro atoms. The number of aromatic nitrogens is 1. The summed E-state index contributed by atoms with van der Waals surface area (Å²) in [5.74, 6) is -0.770. The van der Waals surface area contributed by atoms with Crippen molar-refractivity contribution in [2.75, 3.05) is 7.05 Å². The van der Waals surface area contributed by atoms with Crippen LogP contribution in [0.1, 0.15) is 27.9 Å². The summed E-state index contributed by atoms with van der Waals surface area (Å²) in [6, 6.07) is 19.3. The van der Waals surface area contributed by atoms with Crippen molar-refractivity contribution in [1.82, 2.24) is 9.88 Å². The molecule has 0 N–H and O–H groups in total. The minimum Gasteiger partial charge on any atom is -0.448 e. The predicted molar refractivity (Wildman–Crippen MR) is 110 cm³/mol. The van der Waals surface area contributed by atoms with Crippen LogP contribution in [0.3, 0.4) is 0 Å². The number of carbonyl (C=O) groups is 2. The zero-order chi connectivity index (χ0) is 20.1. The van der Waals surface area contributed by atoms with Crippen molar-refractivity contribution in [3.63, 3.8) is 0 Å². The van der Waals surface area contributed by atoms with Gasteiger partial charge in [0.25, 0.3) is 5.91 Å². The number of rotatable bonds is 6. The minimum absolute atomic E-state index is 0.248. The standard InChI is InChI=1S/C22H22N2O3S/c1-15-19(28-20(23-15)18-12-8-5-9-13-18)22(26)27-16(2)21(25)24(3)14-17-10-6-4-7-11-17/h4-13,16H,14H2,1-3H3. The van der Waals surface area contributed by atoms with Gasteiger partial charge in [-0.25, -0.2) is 9.78 Å². The van der Waals surface area contributed by atoms with Crippen LogP contribution in [-0.2, 0) is 16.1 Å². The summed E-state index contributed by atoms with van der Waals surface area (Å²) >= 11 is 1.27. The summed E-state index contributed by atoms with van der Waals surface area (Å²) in [6.07, 6.45) is -0.872. The topological polar surface area (TPSA) is 59.5 Å². The van der Waals surface area contributed by atoms with Crippen LogP contribution < -0.4 is 0 Å². The van der Waals surface area contributed by atoms with Gasteiger partial charge in [-0.1, -0.05) is 60.7 Å². The first-order valence-corrected chi connectivity index (χ1v) is 9.80. The molecule has 6 heteroatoms. The molecule has 0 saturated heterocycles. The lowest BCUT2D eigenvalue weighted by molar-refractivity contribution is -0.139. The molecular weight excluding hydrogens is 372 g/mol. The molecule has 3 rings (SSSR count). The summed E-state index contributed by atoms with van der Waals surface area (Å²) in [7, 11) is 1.70. The molecule has 0 aliphatic carbocycles. The lowest BCUT2D eigenvalue weighted by Crippen LogP contribution is -2.37. The Morgan fingerprint density at radius 2 is 1.68 bits per heavy atom. The average molecular weight is 394 g/mol. The van der Waals surface area contributed by atoms with Crippen molar-refractivity contribution in [1.29, 1.82) is 0 Å². The number of hydrogen-bond acceptors (Lipinski definition) is 5. The third-order valence-corrected chi connectivity index (χ3v) is 5.46. The van der Waals surface area contributed by atoms with E-state index in [2.05, 4.69) is 4.98 Å². The zero-order valence-corrected chi connectivity index (χ0v) is 16.9. The third-order valence-electron chi connectivity index (χ3n) is 4.27.